The van der Waals surface area contributed by atoms with Crippen LogP contribution >= 0.6 is 11.3 Å². The maximum Gasteiger partial charge on any atom is 0.233 e. The van der Waals surface area contributed by atoms with E-state index in [0.29, 0.717) is 5.01 Å². The van der Waals surface area contributed by atoms with Gasteiger partial charge < -0.3 is 15.5 Å². The summed E-state index contributed by atoms with van der Waals surface area (Å²) in [6, 6.07) is 2.28. The zero-order valence-corrected chi connectivity index (χ0v) is 17.0. The van der Waals surface area contributed by atoms with Crippen LogP contribution in [0.5, 0.6) is 0 Å². The average Bonchev–Trinajstić information content (AvgIpc) is 3.18. The summed E-state index contributed by atoms with van der Waals surface area (Å²) in [5, 5.41) is 29.8. The van der Waals surface area contributed by atoms with Crippen LogP contribution in [0, 0.1) is 0 Å². The number of fused-ring (bicyclic) bond motifs is 2. The molecule has 0 spiro atoms. The van der Waals surface area contributed by atoms with Crippen LogP contribution in [0.4, 0.5) is 5.69 Å². The molecule has 2 unspecified atom stereocenters. The predicted octanol–water partition coefficient (Wildman–Crippen LogP) is 2.05. The molecule has 1 heterocycles. The van der Waals surface area contributed by atoms with Gasteiger partial charge in [-0.1, -0.05) is 6.07 Å². The molecule has 0 bridgehead atoms. The molecule has 0 aliphatic heterocycles. The topological polar surface area (TPSA) is 121 Å². The van der Waals surface area contributed by atoms with Crippen LogP contribution in [-0.4, -0.2) is 25.8 Å². The van der Waals surface area contributed by atoms with E-state index in [0.717, 1.165) is 49.1 Å². The average molecular weight is 409 g/mol. The first-order valence-electron chi connectivity index (χ1n) is 8.99. The molecule has 0 amide bonds. The lowest BCUT2D eigenvalue weighted by Crippen LogP contribution is -2.25. The van der Waals surface area contributed by atoms with Gasteiger partial charge in [0.2, 0.25) is 6.35 Å². The van der Waals surface area contributed by atoms with Gasteiger partial charge >= 0.3 is 0 Å². The van der Waals surface area contributed by atoms with Crippen molar-refractivity contribution >= 4 is 26.9 Å². The molecule has 0 fully saturated rings. The lowest BCUT2D eigenvalue weighted by molar-refractivity contribution is 0.0783. The third-order valence-corrected chi connectivity index (χ3v) is 8.34. The Morgan fingerprint density at radius 2 is 2.00 bits per heavy atom. The molecule has 4 rings (SSSR count). The molecular weight excluding hydrogens is 384 g/mol. The number of benzene rings is 1. The number of thiazole rings is 1. The molecule has 2 aromatic rings. The number of nitrogens with one attached hydrogen (secondary N) is 1. The number of aliphatic hydroxyl groups is 2. The van der Waals surface area contributed by atoms with Crippen molar-refractivity contribution in [3.05, 3.63) is 39.5 Å². The summed E-state index contributed by atoms with van der Waals surface area (Å²) < 4.78 is 17.0. The zero-order valence-electron chi connectivity index (χ0n) is 15.4. The number of rotatable bonds is 5. The molecule has 1 aromatic heterocycles. The molecule has 0 saturated heterocycles. The van der Waals surface area contributed by atoms with E-state index < -0.39 is 21.9 Å². The molecule has 7 nitrogen and oxygen atoms in total. The third-order valence-electron chi connectivity index (χ3n) is 5.07. The second kappa shape index (κ2) is 6.52. The van der Waals surface area contributed by atoms with Crippen molar-refractivity contribution in [2.24, 2.45) is 9.50 Å². The highest BCUT2D eigenvalue weighted by Crippen LogP contribution is 2.40. The van der Waals surface area contributed by atoms with Crippen LogP contribution in [-0.2, 0) is 41.2 Å². The van der Waals surface area contributed by atoms with Crippen LogP contribution in [0.2, 0.25) is 0 Å². The number of aliphatic hydroxyl groups excluding tert-OH is 1. The van der Waals surface area contributed by atoms with Crippen molar-refractivity contribution in [2.45, 2.75) is 62.1 Å². The molecule has 9 heteroatoms. The number of nitrogens with two attached hydrogens (primary N) is 1. The predicted molar refractivity (Wildman–Crippen MR) is 106 cm³/mol. The van der Waals surface area contributed by atoms with Crippen LogP contribution in [0.1, 0.15) is 47.5 Å². The number of hydrogen-bond acceptors (Lipinski definition) is 7. The van der Waals surface area contributed by atoms with Gasteiger partial charge in [0.1, 0.15) is 24.7 Å². The highest BCUT2D eigenvalue weighted by Gasteiger charge is 2.27. The van der Waals surface area contributed by atoms with Crippen LogP contribution in [0.3, 0.4) is 0 Å². The molecule has 5 N–H and O–H groups in total. The molecule has 1 aromatic carbocycles. The quantitative estimate of drug-likeness (QED) is 0.564. The minimum Gasteiger partial charge on any atom is -0.383 e. The summed E-state index contributed by atoms with van der Waals surface area (Å²) >= 11 is 1.04. The fraction of sp³-hybridized carbons (Fsp3) is 0.500. The fourth-order valence-electron chi connectivity index (χ4n) is 3.65. The molecule has 146 valence electrons. The summed E-state index contributed by atoms with van der Waals surface area (Å²) in [5.41, 5.74) is 4.87. The monoisotopic (exact) mass is 408 g/mol. The van der Waals surface area contributed by atoms with E-state index >= 15 is 0 Å². The Morgan fingerprint density at radius 1 is 1.30 bits per heavy atom. The summed E-state index contributed by atoms with van der Waals surface area (Å²) in [6.07, 6.45) is 5.13. The highest BCUT2D eigenvalue weighted by atomic mass is 32.2. The van der Waals surface area contributed by atoms with Crippen LogP contribution in [0.15, 0.2) is 20.8 Å². The molecule has 27 heavy (non-hydrogen) atoms. The number of aryl methyl sites for hydroxylation is 2. The first kappa shape index (κ1) is 18.8. The Morgan fingerprint density at radius 3 is 2.63 bits per heavy atom. The number of nitrogens with zero attached hydrogens (tertiary/aromatic N) is 2. The van der Waals surface area contributed by atoms with Gasteiger partial charge in [-0.3, -0.25) is 0 Å². The van der Waals surface area contributed by atoms with Crippen molar-refractivity contribution in [3.8, 4) is 0 Å². The smallest absolute Gasteiger partial charge is 0.233 e. The zero-order chi connectivity index (χ0) is 19.4. The van der Waals surface area contributed by atoms with Gasteiger partial charge in [-0.25, -0.2) is 14.3 Å². The van der Waals surface area contributed by atoms with E-state index in [-0.39, 0.29) is 4.21 Å². The van der Waals surface area contributed by atoms with Crippen molar-refractivity contribution < 1.29 is 14.4 Å². The summed E-state index contributed by atoms with van der Waals surface area (Å²) in [5.74, 6) is 0. The lowest BCUT2D eigenvalue weighted by Gasteiger charge is -2.27. The van der Waals surface area contributed by atoms with Gasteiger partial charge in [-0.2, -0.15) is 4.36 Å². The van der Waals surface area contributed by atoms with E-state index in [1.54, 1.807) is 13.8 Å². The first-order valence-corrected chi connectivity index (χ1v) is 11.4. The Labute approximate surface area is 163 Å². The highest BCUT2D eigenvalue weighted by molar-refractivity contribution is 7.93. The second-order valence-corrected chi connectivity index (χ2v) is 10.7. The summed E-state index contributed by atoms with van der Waals surface area (Å²) in [4.78, 5) is 4.07. The van der Waals surface area contributed by atoms with Gasteiger partial charge in [0.25, 0.3) is 0 Å². The lowest BCUT2D eigenvalue weighted by atomic mass is 9.83. The third kappa shape index (κ3) is 3.50. The van der Waals surface area contributed by atoms with Crippen molar-refractivity contribution in [1.82, 2.24) is 4.98 Å². The van der Waals surface area contributed by atoms with Gasteiger partial charge in [0.15, 0.2) is 0 Å². The molecule has 0 saturated carbocycles. The number of aromatic nitrogens is 1. The van der Waals surface area contributed by atoms with Crippen molar-refractivity contribution in [2.75, 3.05) is 5.32 Å². The molecule has 0 radical (unpaired) electrons. The van der Waals surface area contributed by atoms with Crippen LogP contribution < -0.4 is 10.5 Å². The Kier molecular flexibility index (Phi) is 4.55. The van der Waals surface area contributed by atoms with Crippen molar-refractivity contribution in [1.29, 1.82) is 0 Å². The molecule has 2 aliphatic carbocycles. The Bertz CT molecular complexity index is 1020. The second-order valence-electron chi connectivity index (χ2n) is 7.62. The van der Waals surface area contributed by atoms with Gasteiger partial charge in [0, 0.05) is 5.69 Å². The maximum atomic E-state index is 12.8. The van der Waals surface area contributed by atoms with Gasteiger partial charge in [-0.15, -0.1) is 11.3 Å². The van der Waals surface area contributed by atoms with Gasteiger partial charge in [0.05, 0.1) is 6.20 Å². The standard InChI is InChI=1S/C18H24N4O3S2/c1-18(2,24)16-20-9-14(26-16)27(19,25)22-17(23)21-15-12-5-3-4-10(12)8-11-6-7-13(11)15/h8-9,17,21,23-24H,3-7H2,1-2H3,(H2,19,22,25). The molecule has 2 aliphatic rings. The Balaban J connectivity index is 1.62. The van der Waals surface area contributed by atoms with Crippen LogP contribution in [0.25, 0.3) is 0 Å². The Hall–Kier alpha value is -1.52. The molecule has 2 atom stereocenters. The van der Waals surface area contributed by atoms with E-state index in [1.807, 2.05) is 0 Å². The number of anilines is 1. The fourth-order valence-corrected chi connectivity index (χ4v) is 5.80. The normalized spacial score (nSPS) is 18.9. The molecular formula is C18H24N4O3S2. The van der Waals surface area contributed by atoms with Crippen molar-refractivity contribution in [3.63, 3.8) is 0 Å². The van der Waals surface area contributed by atoms with E-state index in [2.05, 4.69) is 20.7 Å². The summed E-state index contributed by atoms with van der Waals surface area (Å²) in [7, 11) is -3.33. The first-order chi connectivity index (χ1) is 12.6. The minimum atomic E-state index is -3.33. The SMILES string of the molecule is CC(C)(O)c1ncc(S(N)(=O)=NC(O)Nc2c3c(cc4c2CC4)CCC3)s1. The largest absolute Gasteiger partial charge is 0.383 e. The van der Waals surface area contributed by atoms with Gasteiger partial charge in [-0.05, 0) is 68.2 Å². The van der Waals surface area contributed by atoms with E-state index in [9.17, 15) is 14.4 Å². The minimum absolute atomic E-state index is 0.228. The van der Waals surface area contributed by atoms with E-state index in [1.165, 1.54) is 28.5 Å². The summed E-state index contributed by atoms with van der Waals surface area (Å²) in [6.45, 7) is 3.18. The van der Waals surface area contributed by atoms with E-state index in [4.69, 9.17) is 5.14 Å². The maximum absolute atomic E-state index is 12.8. The number of hydrogen-bond donors (Lipinski definition) is 4.